The van der Waals surface area contributed by atoms with E-state index in [2.05, 4.69) is 0 Å². The lowest BCUT2D eigenvalue weighted by molar-refractivity contribution is -0.142. The highest BCUT2D eigenvalue weighted by Crippen LogP contribution is 2.32. The second kappa shape index (κ2) is 6.90. The number of fused-ring (bicyclic) bond motifs is 1. The maximum atomic E-state index is 12.8. The maximum Gasteiger partial charge on any atom is 0.229 e. The van der Waals surface area contributed by atoms with Gasteiger partial charge in [-0.05, 0) is 43.0 Å². The molecule has 0 spiro atoms. The van der Waals surface area contributed by atoms with E-state index in [4.69, 9.17) is 25.8 Å². The topological polar surface area (TPSA) is 48.0 Å². The Bertz CT molecular complexity index is 609. The molecule has 0 N–H and O–H groups in total. The van der Waals surface area contributed by atoms with Gasteiger partial charge in [0.1, 0.15) is 12.4 Å². The lowest BCUT2D eigenvalue weighted by Gasteiger charge is -2.36. The smallest absolute Gasteiger partial charge is 0.229 e. The quantitative estimate of drug-likeness (QED) is 0.821. The summed E-state index contributed by atoms with van der Waals surface area (Å²) in [6, 6.07) is 5.60. The molecule has 2 saturated heterocycles. The zero-order valence-corrected chi connectivity index (χ0v) is 14.3. The molecule has 24 heavy (non-hydrogen) atoms. The molecule has 4 rings (SSSR count). The van der Waals surface area contributed by atoms with Crippen molar-refractivity contribution in [2.24, 2.45) is 11.8 Å². The van der Waals surface area contributed by atoms with Crippen LogP contribution in [0.3, 0.4) is 0 Å². The van der Waals surface area contributed by atoms with E-state index in [-0.39, 0.29) is 18.1 Å². The minimum atomic E-state index is -0.119. The monoisotopic (exact) mass is 351 g/mol. The summed E-state index contributed by atoms with van der Waals surface area (Å²) in [5.74, 6) is 1.32. The Labute approximate surface area is 146 Å². The molecule has 1 aromatic rings. The number of halogens is 1. The van der Waals surface area contributed by atoms with Crippen molar-refractivity contribution in [1.29, 1.82) is 0 Å². The Morgan fingerprint density at radius 2 is 1.92 bits per heavy atom. The molecule has 0 aromatic heterocycles. The molecule has 6 heteroatoms. The fourth-order valence-electron chi connectivity index (χ4n) is 3.82. The molecule has 0 bridgehead atoms. The van der Waals surface area contributed by atoms with Gasteiger partial charge < -0.3 is 19.1 Å². The Kier molecular flexibility index (Phi) is 4.66. The highest BCUT2D eigenvalue weighted by Gasteiger charge is 2.35. The van der Waals surface area contributed by atoms with Gasteiger partial charge >= 0.3 is 0 Å². The van der Waals surface area contributed by atoms with Crippen molar-refractivity contribution in [3.63, 3.8) is 0 Å². The Hall–Kier alpha value is -1.30. The van der Waals surface area contributed by atoms with E-state index in [9.17, 15) is 4.79 Å². The number of benzene rings is 1. The number of hydrogen-bond acceptors (Lipinski definition) is 4. The Balaban J connectivity index is 1.35. The third-order valence-corrected chi connectivity index (χ3v) is 5.40. The average molecular weight is 352 g/mol. The number of ether oxygens (including phenoxy) is 3. The number of amides is 1. The second-order valence-electron chi connectivity index (χ2n) is 6.74. The predicted octanol–water partition coefficient (Wildman–Crippen LogP) is 2.50. The number of piperidine rings is 1. The number of carbonyl (C=O) groups is 1. The third-order valence-electron chi connectivity index (χ3n) is 5.16. The van der Waals surface area contributed by atoms with Gasteiger partial charge in [-0.15, -0.1) is 0 Å². The molecular weight excluding hydrogens is 330 g/mol. The van der Waals surface area contributed by atoms with E-state index in [0.29, 0.717) is 37.2 Å². The van der Waals surface area contributed by atoms with Crippen molar-refractivity contribution in [2.75, 3.05) is 32.9 Å². The molecular formula is C18H22ClNO4. The van der Waals surface area contributed by atoms with Crippen molar-refractivity contribution in [3.05, 3.63) is 28.8 Å². The van der Waals surface area contributed by atoms with Gasteiger partial charge in [0.05, 0.1) is 19.1 Å². The van der Waals surface area contributed by atoms with E-state index in [1.807, 2.05) is 23.1 Å². The van der Waals surface area contributed by atoms with Crippen molar-refractivity contribution < 1.29 is 19.0 Å². The van der Waals surface area contributed by atoms with Crippen LogP contribution in [0.25, 0.3) is 0 Å². The Morgan fingerprint density at radius 1 is 1.17 bits per heavy atom. The van der Waals surface area contributed by atoms with E-state index in [1.165, 1.54) is 0 Å². The molecule has 1 aromatic carbocycles. The standard InChI is InChI=1S/C18H22ClNO4/c19-15-1-2-16-13(10-15)9-14(11-24-16)17(21)20-5-3-12(4-6-20)18-22-7-8-23-18/h1-2,10,12,14,18H,3-9,11H2. The fourth-order valence-corrected chi connectivity index (χ4v) is 4.02. The van der Waals surface area contributed by atoms with Crippen LogP contribution in [0.4, 0.5) is 0 Å². The van der Waals surface area contributed by atoms with Gasteiger partial charge in [-0.25, -0.2) is 0 Å². The first-order valence-electron chi connectivity index (χ1n) is 8.64. The first-order chi connectivity index (χ1) is 11.7. The van der Waals surface area contributed by atoms with Gasteiger partial charge in [0.2, 0.25) is 5.91 Å². The number of rotatable bonds is 2. The van der Waals surface area contributed by atoms with E-state index < -0.39 is 0 Å². The average Bonchev–Trinajstić information content (AvgIpc) is 3.15. The summed E-state index contributed by atoms with van der Waals surface area (Å²) in [5, 5.41) is 0.683. The fraction of sp³-hybridized carbons (Fsp3) is 0.611. The summed E-state index contributed by atoms with van der Waals surface area (Å²) in [4.78, 5) is 14.8. The zero-order valence-electron chi connectivity index (χ0n) is 13.6. The third kappa shape index (κ3) is 3.25. The van der Waals surface area contributed by atoms with Crippen LogP contribution in [0.15, 0.2) is 18.2 Å². The summed E-state index contributed by atoms with van der Waals surface area (Å²) < 4.78 is 17.0. The number of hydrogen-bond donors (Lipinski definition) is 0. The molecule has 3 aliphatic heterocycles. The van der Waals surface area contributed by atoms with Crippen LogP contribution in [0.5, 0.6) is 5.75 Å². The molecule has 3 aliphatic rings. The van der Waals surface area contributed by atoms with Crippen LogP contribution in [-0.2, 0) is 20.7 Å². The molecule has 3 heterocycles. The lowest BCUT2D eigenvalue weighted by Crippen LogP contribution is -2.46. The van der Waals surface area contributed by atoms with Crippen LogP contribution >= 0.6 is 11.6 Å². The molecule has 1 unspecified atom stereocenters. The maximum absolute atomic E-state index is 12.8. The largest absolute Gasteiger partial charge is 0.492 e. The second-order valence-corrected chi connectivity index (χ2v) is 7.17. The SMILES string of the molecule is O=C(C1COc2ccc(Cl)cc2C1)N1CCC(C2OCCO2)CC1. The van der Waals surface area contributed by atoms with Gasteiger partial charge in [0, 0.05) is 24.0 Å². The molecule has 2 fully saturated rings. The van der Waals surface area contributed by atoms with Crippen LogP contribution in [-0.4, -0.2) is 50.0 Å². The summed E-state index contributed by atoms with van der Waals surface area (Å²) in [6.45, 7) is 3.36. The first-order valence-corrected chi connectivity index (χ1v) is 9.02. The lowest BCUT2D eigenvalue weighted by atomic mass is 9.92. The van der Waals surface area contributed by atoms with Gasteiger partial charge in [-0.1, -0.05) is 11.6 Å². The van der Waals surface area contributed by atoms with Crippen molar-refractivity contribution in [2.45, 2.75) is 25.6 Å². The highest BCUT2D eigenvalue weighted by molar-refractivity contribution is 6.30. The minimum absolute atomic E-state index is 0.0747. The van der Waals surface area contributed by atoms with Crippen LogP contribution in [0.1, 0.15) is 18.4 Å². The zero-order chi connectivity index (χ0) is 16.5. The van der Waals surface area contributed by atoms with E-state index >= 15 is 0 Å². The van der Waals surface area contributed by atoms with Gasteiger partial charge in [-0.3, -0.25) is 4.79 Å². The number of likely N-dealkylation sites (tertiary alicyclic amines) is 1. The summed E-state index contributed by atoms with van der Waals surface area (Å²) in [7, 11) is 0. The molecule has 1 amide bonds. The summed E-state index contributed by atoms with van der Waals surface area (Å²) in [6.07, 6.45) is 2.50. The van der Waals surface area contributed by atoms with Crippen LogP contribution in [0, 0.1) is 11.8 Å². The molecule has 0 radical (unpaired) electrons. The molecule has 130 valence electrons. The summed E-state index contributed by atoms with van der Waals surface area (Å²) in [5.41, 5.74) is 1.02. The first kappa shape index (κ1) is 16.2. The highest BCUT2D eigenvalue weighted by atomic mass is 35.5. The van der Waals surface area contributed by atoms with E-state index in [0.717, 1.165) is 37.2 Å². The van der Waals surface area contributed by atoms with Gasteiger partial charge in [0.15, 0.2) is 6.29 Å². The Morgan fingerprint density at radius 3 is 2.67 bits per heavy atom. The minimum Gasteiger partial charge on any atom is -0.492 e. The molecule has 0 aliphatic carbocycles. The van der Waals surface area contributed by atoms with Crippen molar-refractivity contribution in [1.82, 2.24) is 4.90 Å². The van der Waals surface area contributed by atoms with Gasteiger partial charge in [0.25, 0.3) is 0 Å². The van der Waals surface area contributed by atoms with Crippen molar-refractivity contribution >= 4 is 17.5 Å². The molecule has 0 saturated carbocycles. The summed E-state index contributed by atoms with van der Waals surface area (Å²) >= 11 is 6.06. The van der Waals surface area contributed by atoms with E-state index in [1.54, 1.807) is 0 Å². The van der Waals surface area contributed by atoms with Crippen LogP contribution < -0.4 is 4.74 Å². The molecule has 1 atom stereocenters. The van der Waals surface area contributed by atoms with Crippen molar-refractivity contribution in [3.8, 4) is 5.75 Å². The predicted molar refractivity (Wildman–Crippen MR) is 89.1 cm³/mol. The van der Waals surface area contributed by atoms with Gasteiger partial charge in [-0.2, -0.15) is 0 Å². The van der Waals surface area contributed by atoms with Crippen LogP contribution in [0.2, 0.25) is 5.02 Å². The number of carbonyl (C=O) groups excluding carboxylic acids is 1. The normalized spacial score (nSPS) is 25.4. The molecule has 5 nitrogen and oxygen atoms in total. The number of nitrogens with zero attached hydrogens (tertiary/aromatic N) is 1.